The summed E-state index contributed by atoms with van der Waals surface area (Å²) in [7, 11) is 4.22. The van der Waals surface area contributed by atoms with Crippen LogP contribution in [-0.2, 0) is 6.42 Å². The summed E-state index contributed by atoms with van der Waals surface area (Å²) >= 11 is 1.76. The van der Waals surface area contributed by atoms with Crippen molar-refractivity contribution in [2.45, 2.75) is 19.8 Å². The number of rotatable bonds is 7. The maximum atomic E-state index is 4.43. The zero-order valence-electron chi connectivity index (χ0n) is 9.92. The van der Waals surface area contributed by atoms with Crippen LogP contribution in [0.5, 0.6) is 0 Å². The van der Waals surface area contributed by atoms with E-state index < -0.39 is 0 Å². The molecule has 0 radical (unpaired) electrons. The van der Waals surface area contributed by atoms with Gasteiger partial charge in [0.1, 0.15) is 0 Å². The number of aryl methyl sites for hydroxylation is 1. The molecule has 0 aliphatic carbocycles. The Bertz CT molecular complexity index is 271. The number of thiazole rings is 1. The molecule has 3 nitrogen and oxygen atoms in total. The minimum Gasteiger partial charge on any atom is -0.316 e. The molecule has 86 valence electrons. The molecular formula is C11H21N3S. The molecule has 4 heteroatoms. The molecule has 1 aromatic heterocycles. The summed E-state index contributed by atoms with van der Waals surface area (Å²) in [6, 6.07) is 0. The van der Waals surface area contributed by atoms with Gasteiger partial charge in [0, 0.05) is 24.0 Å². The lowest BCUT2D eigenvalue weighted by molar-refractivity contribution is 0.395. The van der Waals surface area contributed by atoms with Gasteiger partial charge in [0.15, 0.2) is 0 Å². The first-order valence-electron chi connectivity index (χ1n) is 5.45. The zero-order chi connectivity index (χ0) is 11.1. The van der Waals surface area contributed by atoms with Crippen LogP contribution < -0.4 is 5.32 Å². The molecule has 0 fully saturated rings. The van der Waals surface area contributed by atoms with E-state index >= 15 is 0 Å². The van der Waals surface area contributed by atoms with E-state index in [0.717, 1.165) is 31.7 Å². The molecule has 0 saturated heterocycles. The van der Waals surface area contributed by atoms with Crippen molar-refractivity contribution < 1.29 is 0 Å². The second-order valence-corrected chi connectivity index (χ2v) is 4.98. The molecule has 0 atom stereocenters. The van der Waals surface area contributed by atoms with Crippen molar-refractivity contribution in [3.63, 3.8) is 0 Å². The predicted octanol–water partition coefficient (Wildman–Crippen LogP) is 1.54. The van der Waals surface area contributed by atoms with E-state index in [4.69, 9.17) is 0 Å². The first-order chi connectivity index (χ1) is 7.18. The van der Waals surface area contributed by atoms with Gasteiger partial charge in [-0.3, -0.25) is 0 Å². The summed E-state index contributed by atoms with van der Waals surface area (Å²) < 4.78 is 0. The molecule has 1 N–H and O–H groups in total. The largest absolute Gasteiger partial charge is 0.316 e. The van der Waals surface area contributed by atoms with E-state index in [2.05, 4.69) is 34.7 Å². The van der Waals surface area contributed by atoms with Crippen LogP contribution in [-0.4, -0.2) is 43.6 Å². The maximum Gasteiger partial charge on any atom is 0.0940 e. The Morgan fingerprint density at radius 2 is 2.20 bits per heavy atom. The van der Waals surface area contributed by atoms with E-state index in [0.29, 0.717) is 0 Å². The van der Waals surface area contributed by atoms with Crippen LogP contribution in [0.2, 0.25) is 0 Å². The van der Waals surface area contributed by atoms with Gasteiger partial charge >= 0.3 is 0 Å². The third kappa shape index (κ3) is 5.87. The summed E-state index contributed by atoms with van der Waals surface area (Å²) in [4.78, 5) is 6.64. The van der Waals surface area contributed by atoms with E-state index in [9.17, 15) is 0 Å². The van der Waals surface area contributed by atoms with Crippen LogP contribution in [0.25, 0.3) is 0 Å². The first kappa shape index (κ1) is 12.6. The van der Waals surface area contributed by atoms with E-state index in [1.807, 2.05) is 6.92 Å². The molecule has 0 amide bonds. The normalized spacial score (nSPS) is 11.2. The smallest absolute Gasteiger partial charge is 0.0940 e. The Hall–Kier alpha value is -0.450. The molecule has 0 aliphatic rings. The van der Waals surface area contributed by atoms with Crippen LogP contribution in [0.1, 0.15) is 17.1 Å². The molecule has 0 unspecified atom stereocenters. The molecule has 1 heterocycles. The average molecular weight is 227 g/mol. The van der Waals surface area contributed by atoms with Crippen LogP contribution >= 0.6 is 11.3 Å². The van der Waals surface area contributed by atoms with E-state index in [-0.39, 0.29) is 0 Å². The van der Waals surface area contributed by atoms with E-state index in [1.165, 1.54) is 11.4 Å². The topological polar surface area (TPSA) is 28.2 Å². The molecule has 1 rings (SSSR count). The predicted molar refractivity (Wildman–Crippen MR) is 66.6 cm³/mol. The third-order valence-corrected chi connectivity index (χ3v) is 3.17. The van der Waals surface area contributed by atoms with Crippen molar-refractivity contribution in [3.8, 4) is 0 Å². The minimum atomic E-state index is 1.04. The van der Waals surface area contributed by atoms with Gasteiger partial charge in [-0.25, -0.2) is 4.98 Å². The van der Waals surface area contributed by atoms with Crippen molar-refractivity contribution >= 4 is 11.3 Å². The monoisotopic (exact) mass is 227 g/mol. The highest BCUT2D eigenvalue weighted by Crippen LogP contribution is 2.08. The third-order valence-electron chi connectivity index (χ3n) is 2.14. The van der Waals surface area contributed by atoms with Crippen molar-refractivity contribution in [1.29, 1.82) is 0 Å². The number of hydrogen-bond donors (Lipinski definition) is 1. The minimum absolute atomic E-state index is 1.04. The highest BCUT2D eigenvalue weighted by Gasteiger charge is 1.97. The summed E-state index contributed by atoms with van der Waals surface area (Å²) in [5.41, 5.74) is 1.14. The summed E-state index contributed by atoms with van der Waals surface area (Å²) in [5, 5.41) is 6.79. The van der Waals surface area contributed by atoms with Gasteiger partial charge in [-0.2, -0.15) is 0 Å². The Kier molecular flexibility index (Phi) is 5.83. The zero-order valence-corrected chi connectivity index (χ0v) is 10.7. The summed E-state index contributed by atoms with van der Waals surface area (Å²) in [6.07, 6.45) is 2.27. The van der Waals surface area contributed by atoms with Gasteiger partial charge in [0.25, 0.3) is 0 Å². The van der Waals surface area contributed by atoms with Gasteiger partial charge in [-0.05, 0) is 40.5 Å². The Morgan fingerprint density at radius 3 is 2.80 bits per heavy atom. The van der Waals surface area contributed by atoms with Crippen molar-refractivity contribution in [1.82, 2.24) is 15.2 Å². The van der Waals surface area contributed by atoms with Crippen LogP contribution in [0, 0.1) is 6.92 Å². The average Bonchev–Trinajstić information content (AvgIpc) is 2.57. The fourth-order valence-corrected chi connectivity index (χ4v) is 2.13. The van der Waals surface area contributed by atoms with Gasteiger partial charge in [-0.1, -0.05) is 0 Å². The van der Waals surface area contributed by atoms with Crippen LogP contribution in [0.4, 0.5) is 0 Å². The van der Waals surface area contributed by atoms with E-state index in [1.54, 1.807) is 11.3 Å². The Labute approximate surface area is 96.5 Å². The molecule has 1 aromatic rings. The van der Waals surface area contributed by atoms with Gasteiger partial charge in [-0.15, -0.1) is 11.3 Å². The fraction of sp³-hybridized carbons (Fsp3) is 0.727. The lowest BCUT2D eigenvalue weighted by atomic mass is 10.4. The second kappa shape index (κ2) is 6.93. The van der Waals surface area contributed by atoms with Crippen molar-refractivity contribution in [3.05, 3.63) is 16.1 Å². The molecule has 15 heavy (non-hydrogen) atoms. The van der Waals surface area contributed by atoms with Gasteiger partial charge in [0.2, 0.25) is 0 Å². The van der Waals surface area contributed by atoms with Gasteiger partial charge in [0.05, 0.1) is 5.01 Å². The fourth-order valence-electron chi connectivity index (χ4n) is 1.36. The van der Waals surface area contributed by atoms with Crippen molar-refractivity contribution in [2.75, 3.05) is 33.7 Å². The van der Waals surface area contributed by atoms with Crippen LogP contribution in [0.3, 0.4) is 0 Å². The quantitative estimate of drug-likeness (QED) is 0.716. The number of hydrogen-bond acceptors (Lipinski definition) is 4. The number of nitrogens with zero attached hydrogens (tertiary/aromatic N) is 2. The summed E-state index contributed by atoms with van der Waals surface area (Å²) in [5.74, 6) is 0. The lowest BCUT2D eigenvalue weighted by Gasteiger charge is -2.09. The first-order valence-corrected chi connectivity index (χ1v) is 6.33. The molecule has 0 bridgehead atoms. The molecule has 0 spiro atoms. The van der Waals surface area contributed by atoms with Crippen LogP contribution in [0.15, 0.2) is 5.38 Å². The Morgan fingerprint density at radius 1 is 1.40 bits per heavy atom. The molecular weight excluding hydrogens is 206 g/mol. The van der Waals surface area contributed by atoms with Gasteiger partial charge < -0.3 is 10.2 Å². The highest BCUT2D eigenvalue weighted by molar-refractivity contribution is 7.09. The lowest BCUT2D eigenvalue weighted by Crippen LogP contribution is -2.23. The maximum absolute atomic E-state index is 4.43. The Balaban J connectivity index is 1.98. The SMILES string of the molecule is Cc1csc(CCNCCCN(C)C)n1. The molecule has 0 saturated carbocycles. The second-order valence-electron chi connectivity index (χ2n) is 4.04. The summed E-state index contributed by atoms with van der Waals surface area (Å²) in [6.45, 7) is 5.34. The standard InChI is InChI=1S/C11H21N3S/c1-10-9-15-11(13-10)5-7-12-6-4-8-14(2)3/h9,12H,4-8H2,1-3H3. The number of aromatic nitrogens is 1. The molecule has 0 aliphatic heterocycles. The van der Waals surface area contributed by atoms with Crippen molar-refractivity contribution in [2.24, 2.45) is 0 Å². The molecule has 0 aromatic carbocycles. The number of nitrogens with one attached hydrogen (secondary N) is 1. The highest BCUT2D eigenvalue weighted by atomic mass is 32.1.